The molecule has 0 aliphatic carbocycles. The maximum absolute atomic E-state index is 13.8. The highest BCUT2D eigenvalue weighted by Gasteiger charge is 2.21. The largest absolute Gasteiger partial charge is 0.481 e. The summed E-state index contributed by atoms with van der Waals surface area (Å²) < 4.78 is 20.3. The van der Waals surface area contributed by atoms with Gasteiger partial charge in [0.05, 0.1) is 10.2 Å². The molecule has 3 rings (SSSR count). The molecule has 0 unspecified atom stereocenters. The molecular weight excluding hydrogens is 425 g/mol. The van der Waals surface area contributed by atoms with E-state index in [2.05, 4.69) is 17.9 Å². The summed E-state index contributed by atoms with van der Waals surface area (Å²) >= 11 is 1.49. The predicted octanol–water partition coefficient (Wildman–Crippen LogP) is 4.84. The van der Waals surface area contributed by atoms with Crippen LogP contribution in [0.5, 0.6) is 5.75 Å². The molecule has 0 saturated carbocycles. The van der Waals surface area contributed by atoms with Gasteiger partial charge in [0.15, 0.2) is 23.3 Å². The summed E-state index contributed by atoms with van der Waals surface area (Å²) in [5.41, 5.74) is 3.21. The van der Waals surface area contributed by atoms with E-state index in [4.69, 9.17) is 9.72 Å². The molecule has 0 radical (unpaired) electrons. The summed E-state index contributed by atoms with van der Waals surface area (Å²) in [4.78, 5) is 21.4. The molecule has 0 N–H and O–H groups in total. The highest BCUT2D eigenvalue weighted by atomic mass is 35.5. The van der Waals surface area contributed by atoms with Gasteiger partial charge >= 0.3 is 0 Å². The van der Waals surface area contributed by atoms with Crippen molar-refractivity contribution in [2.24, 2.45) is 0 Å². The Morgan fingerprint density at radius 2 is 1.87 bits per heavy atom. The fourth-order valence-corrected chi connectivity index (χ4v) is 4.05. The van der Waals surface area contributed by atoms with Crippen LogP contribution in [0, 0.1) is 19.7 Å². The van der Waals surface area contributed by atoms with Gasteiger partial charge in [-0.1, -0.05) is 29.5 Å². The summed E-state index contributed by atoms with van der Waals surface area (Å²) in [5.74, 6) is -0.643. The van der Waals surface area contributed by atoms with Crippen LogP contribution >= 0.6 is 23.7 Å². The summed E-state index contributed by atoms with van der Waals surface area (Å²) in [6.45, 7) is 5.23. The van der Waals surface area contributed by atoms with E-state index in [1.165, 1.54) is 29.0 Å². The van der Waals surface area contributed by atoms with Crippen LogP contribution in [0.3, 0.4) is 0 Å². The fraction of sp³-hybridized carbons (Fsp3) is 0.364. The van der Waals surface area contributed by atoms with Gasteiger partial charge in [-0.25, -0.2) is 9.37 Å². The van der Waals surface area contributed by atoms with Gasteiger partial charge in [0.25, 0.3) is 5.91 Å². The number of halogens is 2. The van der Waals surface area contributed by atoms with Gasteiger partial charge in [0, 0.05) is 6.54 Å². The van der Waals surface area contributed by atoms with Crippen LogP contribution < -0.4 is 9.64 Å². The molecule has 0 aliphatic rings. The normalized spacial score (nSPS) is 10.9. The van der Waals surface area contributed by atoms with E-state index in [1.807, 2.05) is 27.1 Å². The van der Waals surface area contributed by atoms with Crippen molar-refractivity contribution >= 4 is 45.0 Å². The third kappa shape index (κ3) is 5.68. The first-order valence-electron chi connectivity index (χ1n) is 9.56. The van der Waals surface area contributed by atoms with Crippen LogP contribution in [-0.4, -0.2) is 49.6 Å². The zero-order valence-corrected chi connectivity index (χ0v) is 19.3. The zero-order chi connectivity index (χ0) is 21.0. The van der Waals surface area contributed by atoms with E-state index in [0.29, 0.717) is 11.7 Å². The van der Waals surface area contributed by atoms with Crippen LogP contribution in [-0.2, 0) is 4.79 Å². The minimum atomic E-state index is -0.481. The molecular formula is C22H27ClFN3O2S. The molecule has 1 aromatic heterocycles. The van der Waals surface area contributed by atoms with Crippen molar-refractivity contribution in [1.82, 2.24) is 9.88 Å². The first kappa shape index (κ1) is 24.1. The Hall–Kier alpha value is -2.22. The van der Waals surface area contributed by atoms with Gasteiger partial charge in [-0.3, -0.25) is 9.69 Å². The van der Waals surface area contributed by atoms with Gasteiger partial charge < -0.3 is 9.64 Å². The Morgan fingerprint density at radius 3 is 2.57 bits per heavy atom. The molecule has 0 spiro atoms. The van der Waals surface area contributed by atoms with Crippen molar-refractivity contribution in [2.45, 2.75) is 20.3 Å². The number of hydrogen-bond acceptors (Lipinski definition) is 5. The van der Waals surface area contributed by atoms with E-state index in [9.17, 15) is 9.18 Å². The van der Waals surface area contributed by atoms with E-state index >= 15 is 0 Å². The smallest absolute Gasteiger partial charge is 0.266 e. The van der Waals surface area contributed by atoms with Crippen LogP contribution in [0.15, 0.2) is 36.4 Å². The average Bonchev–Trinajstić information content (AvgIpc) is 3.12. The van der Waals surface area contributed by atoms with Crippen LogP contribution in [0.4, 0.5) is 9.52 Å². The quantitative estimate of drug-likeness (QED) is 0.491. The Bertz CT molecular complexity index is 1010. The van der Waals surface area contributed by atoms with Gasteiger partial charge in [-0.05, 0) is 70.2 Å². The summed E-state index contributed by atoms with van der Waals surface area (Å²) in [7, 11) is 3.99. The van der Waals surface area contributed by atoms with Crippen LogP contribution in [0.25, 0.3) is 10.2 Å². The lowest BCUT2D eigenvalue weighted by atomic mass is 10.1. The first-order valence-corrected chi connectivity index (χ1v) is 10.4. The Labute approximate surface area is 186 Å². The number of para-hydroxylation sites is 1. The minimum Gasteiger partial charge on any atom is -0.481 e. The van der Waals surface area contributed by atoms with Crippen molar-refractivity contribution < 1.29 is 13.9 Å². The van der Waals surface area contributed by atoms with E-state index in [1.54, 1.807) is 17.0 Å². The number of fused-ring (bicyclic) bond motifs is 1. The summed E-state index contributed by atoms with van der Waals surface area (Å²) in [6, 6.07) is 10.2. The van der Waals surface area contributed by atoms with Crippen LogP contribution in [0.1, 0.15) is 17.5 Å². The summed E-state index contributed by atoms with van der Waals surface area (Å²) in [6.07, 6.45) is 0.798. The first-order chi connectivity index (χ1) is 13.9. The highest BCUT2D eigenvalue weighted by molar-refractivity contribution is 7.22. The molecule has 8 heteroatoms. The number of ether oxygens (including phenoxy) is 1. The second-order valence-corrected chi connectivity index (χ2v) is 8.28. The molecule has 30 heavy (non-hydrogen) atoms. The molecule has 1 amide bonds. The van der Waals surface area contributed by atoms with Gasteiger partial charge in [-0.2, -0.15) is 0 Å². The third-order valence-corrected chi connectivity index (χ3v) is 5.82. The van der Waals surface area contributed by atoms with Crippen molar-refractivity contribution in [3.05, 3.63) is 53.3 Å². The number of carbonyl (C=O) groups is 1. The average molecular weight is 452 g/mol. The second-order valence-electron chi connectivity index (χ2n) is 7.27. The highest BCUT2D eigenvalue weighted by Crippen LogP contribution is 2.32. The second kappa shape index (κ2) is 10.7. The monoisotopic (exact) mass is 451 g/mol. The van der Waals surface area contributed by atoms with Gasteiger partial charge in [-0.15, -0.1) is 12.4 Å². The molecule has 0 saturated heterocycles. The molecule has 3 aromatic rings. The third-order valence-electron chi connectivity index (χ3n) is 4.78. The zero-order valence-electron chi connectivity index (χ0n) is 17.6. The number of anilines is 1. The van der Waals surface area contributed by atoms with Crippen molar-refractivity contribution in [2.75, 3.05) is 38.7 Å². The number of benzene rings is 2. The SMILES string of the molecule is Cc1ccc2sc(N(CCCN(C)C)C(=O)COc3ccccc3F)nc2c1C.Cl. The number of nitrogens with zero attached hydrogens (tertiary/aromatic N) is 3. The molecule has 0 bridgehead atoms. The molecule has 0 aliphatic heterocycles. The Morgan fingerprint density at radius 1 is 1.13 bits per heavy atom. The van der Waals surface area contributed by atoms with Crippen molar-refractivity contribution in [3.8, 4) is 5.75 Å². The number of amides is 1. The topological polar surface area (TPSA) is 45.7 Å². The summed E-state index contributed by atoms with van der Waals surface area (Å²) in [5, 5.41) is 0.648. The molecule has 1 heterocycles. The van der Waals surface area contributed by atoms with Gasteiger partial charge in [0.2, 0.25) is 0 Å². The van der Waals surface area contributed by atoms with E-state index in [-0.39, 0.29) is 30.7 Å². The van der Waals surface area contributed by atoms with E-state index < -0.39 is 5.82 Å². The van der Waals surface area contributed by atoms with E-state index in [0.717, 1.165) is 28.7 Å². The predicted molar refractivity (Wildman–Crippen MR) is 124 cm³/mol. The van der Waals surface area contributed by atoms with Crippen molar-refractivity contribution in [3.63, 3.8) is 0 Å². The molecule has 0 atom stereocenters. The number of rotatable bonds is 8. The number of aromatic nitrogens is 1. The number of aryl methyl sites for hydroxylation is 2. The lowest BCUT2D eigenvalue weighted by Crippen LogP contribution is -2.37. The molecule has 5 nitrogen and oxygen atoms in total. The molecule has 2 aromatic carbocycles. The molecule has 0 fully saturated rings. The van der Waals surface area contributed by atoms with Crippen LogP contribution in [0.2, 0.25) is 0 Å². The Kier molecular flexibility index (Phi) is 8.58. The Balaban J connectivity index is 0.00000320. The minimum absolute atomic E-state index is 0. The lowest BCUT2D eigenvalue weighted by Gasteiger charge is -2.21. The molecule has 162 valence electrons. The van der Waals surface area contributed by atoms with Gasteiger partial charge in [0.1, 0.15) is 0 Å². The number of thiazole rings is 1. The fourth-order valence-electron chi connectivity index (χ4n) is 2.98. The van der Waals surface area contributed by atoms with Crippen molar-refractivity contribution in [1.29, 1.82) is 0 Å². The number of carbonyl (C=O) groups excluding carboxylic acids is 1. The maximum atomic E-state index is 13.8. The lowest BCUT2D eigenvalue weighted by molar-refractivity contribution is -0.120. The number of hydrogen-bond donors (Lipinski definition) is 0. The maximum Gasteiger partial charge on any atom is 0.266 e. The standard InChI is InChI=1S/C22H26FN3O2S.ClH/c1-15-10-11-19-21(16(15)2)24-22(29-19)26(13-7-12-25(3)4)20(27)14-28-18-9-6-5-8-17(18)23;/h5-6,8-11H,7,12-14H2,1-4H3;1H.